The van der Waals surface area contributed by atoms with E-state index in [1.165, 1.54) is 6.07 Å². The summed E-state index contributed by atoms with van der Waals surface area (Å²) in [5.74, 6) is 7.84. The van der Waals surface area contributed by atoms with Gasteiger partial charge in [0.05, 0.1) is 11.6 Å². The molecule has 7 heteroatoms. The van der Waals surface area contributed by atoms with Crippen LogP contribution in [0.4, 0.5) is 13.2 Å². The van der Waals surface area contributed by atoms with Crippen LogP contribution in [0.1, 0.15) is 29.7 Å². The van der Waals surface area contributed by atoms with E-state index in [0.29, 0.717) is 10.8 Å². The summed E-state index contributed by atoms with van der Waals surface area (Å²) >= 11 is 3.71. The van der Waals surface area contributed by atoms with E-state index in [1.54, 1.807) is 13.0 Å². The number of hydrogen-bond donors (Lipinski definition) is 2. The normalized spacial score (nSPS) is 24.9. The molecule has 1 aromatic carbocycles. The van der Waals surface area contributed by atoms with Gasteiger partial charge in [0.25, 0.3) is 0 Å². The monoisotopic (exact) mass is 336 g/mol. The topological polar surface area (TPSA) is 38.0 Å². The summed E-state index contributed by atoms with van der Waals surface area (Å²) in [5, 5.41) is 0.663. The highest BCUT2D eigenvalue weighted by atomic mass is 32.2. The van der Waals surface area contributed by atoms with Crippen molar-refractivity contribution in [2.75, 3.05) is 11.5 Å². The number of nitrogens with two attached hydrogens (primary N) is 1. The minimum Gasteiger partial charge on any atom is -0.271 e. The summed E-state index contributed by atoms with van der Waals surface area (Å²) in [6, 6.07) is 3.75. The van der Waals surface area contributed by atoms with Gasteiger partial charge >= 0.3 is 6.18 Å². The molecule has 0 aliphatic carbocycles. The Morgan fingerprint density at radius 2 is 1.95 bits per heavy atom. The fourth-order valence-corrected chi connectivity index (χ4v) is 5.50. The minimum atomic E-state index is -4.31. The lowest BCUT2D eigenvalue weighted by Gasteiger charge is -2.35. The first-order chi connectivity index (χ1) is 9.84. The summed E-state index contributed by atoms with van der Waals surface area (Å²) < 4.78 is 38.3. The van der Waals surface area contributed by atoms with Gasteiger partial charge < -0.3 is 0 Å². The fraction of sp³-hybridized carbons (Fsp3) is 0.571. The molecule has 1 heterocycles. The quantitative estimate of drug-likeness (QED) is 0.651. The number of hydrogen-bond acceptors (Lipinski definition) is 4. The van der Waals surface area contributed by atoms with Crippen LogP contribution in [0.25, 0.3) is 0 Å². The van der Waals surface area contributed by atoms with E-state index in [1.807, 2.05) is 23.5 Å². The lowest BCUT2D eigenvalue weighted by Crippen LogP contribution is -2.41. The first kappa shape index (κ1) is 17.0. The number of nitrogens with one attached hydrogen (secondary N) is 1. The SMILES string of the molecule is Cc1cc(C(F)(F)F)ccc1C(NN)C1SCCSC1C. The number of alkyl halides is 3. The van der Waals surface area contributed by atoms with Crippen LogP contribution in [-0.4, -0.2) is 22.0 Å². The number of hydrazine groups is 1. The highest BCUT2D eigenvalue weighted by molar-refractivity contribution is 8.07. The maximum Gasteiger partial charge on any atom is 0.416 e. The van der Waals surface area contributed by atoms with Gasteiger partial charge in [-0.3, -0.25) is 11.3 Å². The summed E-state index contributed by atoms with van der Waals surface area (Å²) in [7, 11) is 0. The van der Waals surface area contributed by atoms with Gasteiger partial charge in [-0.25, -0.2) is 0 Å². The molecule has 1 aromatic rings. The maximum atomic E-state index is 12.8. The number of rotatable bonds is 3. The molecular formula is C14H19F3N2S2. The molecule has 21 heavy (non-hydrogen) atoms. The molecule has 0 spiro atoms. The van der Waals surface area contributed by atoms with Crippen molar-refractivity contribution < 1.29 is 13.2 Å². The lowest BCUT2D eigenvalue weighted by atomic mass is 9.95. The van der Waals surface area contributed by atoms with E-state index in [0.717, 1.165) is 23.1 Å². The molecule has 3 atom stereocenters. The predicted molar refractivity (Wildman–Crippen MR) is 84.4 cm³/mol. The van der Waals surface area contributed by atoms with Crippen LogP contribution in [-0.2, 0) is 6.18 Å². The summed E-state index contributed by atoms with van der Waals surface area (Å²) in [4.78, 5) is 0. The largest absolute Gasteiger partial charge is 0.416 e. The first-order valence-corrected chi connectivity index (χ1v) is 8.81. The Kier molecular flexibility index (Phi) is 5.51. The molecule has 0 bridgehead atoms. The Morgan fingerprint density at radius 3 is 2.48 bits per heavy atom. The van der Waals surface area contributed by atoms with Gasteiger partial charge in [-0.1, -0.05) is 13.0 Å². The molecule has 118 valence electrons. The number of benzene rings is 1. The van der Waals surface area contributed by atoms with E-state index in [9.17, 15) is 13.2 Å². The number of halogens is 3. The van der Waals surface area contributed by atoms with E-state index < -0.39 is 11.7 Å². The second-order valence-corrected chi connectivity index (χ2v) is 7.90. The maximum absolute atomic E-state index is 12.8. The third-order valence-electron chi connectivity index (χ3n) is 3.68. The average Bonchev–Trinajstić information content (AvgIpc) is 2.42. The van der Waals surface area contributed by atoms with Crippen molar-refractivity contribution in [3.05, 3.63) is 34.9 Å². The van der Waals surface area contributed by atoms with Gasteiger partial charge in [0, 0.05) is 22.0 Å². The molecule has 1 saturated heterocycles. The van der Waals surface area contributed by atoms with E-state index >= 15 is 0 Å². The van der Waals surface area contributed by atoms with Gasteiger partial charge in [-0.15, -0.1) is 0 Å². The Labute approximate surface area is 131 Å². The second-order valence-electron chi connectivity index (χ2n) is 5.12. The van der Waals surface area contributed by atoms with Crippen LogP contribution in [0, 0.1) is 6.92 Å². The van der Waals surface area contributed by atoms with Crippen LogP contribution in [0.2, 0.25) is 0 Å². The van der Waals surface area contributed by atoms with Crippen LogP contribution in [0.15, 0.2) is 18.2 Å². The Bertz CT molecular complexity index is 494. The zero-order chi connectivity index (χ0) is 15.6. The molecule has 1 aliphatic heterocycles. The number of thioether (sulfide) groups is 2. The molecule has 3 unspecified atom stereocenters. The highest BCUT2D eigenvalue weighted by Gasteiger charge is 2.34. The molecule has 3 N–H and O–H groups in total. The zero-order valence-electron chi connectivity index (χ0n) is 11.9. The molecule has 0 amide bonds. The van der Waals surface area contributed by atoms with Gasteiger partial charge in [0.2, 0.25) is 0 Å². The molecule has 0 saturated carbocycles. The molecule has 1 aliphatic rings. The molecule has 0 radical (unpaired) electrons. The van der Waals surface area contributed by atoms with Crippen LogP contribution in [0.3, 0.4) is 0 Å². The fourth-order valence-electron chi connectivity index (χ4n) is 2.58. The van der Waals surface area contributed by atoms with Gasteiger partial charge in [-0.05, 0) is 30.2 Å². The predicted octanol–water partition coefficient (Wildman–Crippen LogP) is 3.76. The second kappa shape index (κ2) is 6.81. The van der Waals surface area contributed by atoms with E-state index in [-0.39, 0.29) is 11.3 Å². The Hall–Kier alpha value is -0.370. The van der Waals surface area contributed by atoms with Crippen molar-refractivity contribution in [2.24, 2.45) is 5.84 Å². The third kappa shape index (κ3) is 3.88. The van der Waals surface area contributed by atoms with Crippen molar-refractivity contribution >= 4 is 23.5 Å². The van der Waals surface area contributed by atoms with Crippen molar-refractivity contribution in [2.45, 2.75) is 36.6 Å². The summed E-state index contributed by atoms with van der Waals surface area (Å²) in [5.41, 5.74) is 3.66. The molecule has 2 nitrogen and oxygen atoms in total. The standard InChI is InChI=1S/C14H19F3N2S2/c1-8-7-10(14(15,16)17)3-4-11(8)12(19-18)13-9(2)20-5-6-21-13/h3-4,7,9,12-13,19H,5-6,18H2,1-2H3. The van der Waals surface area contributed by atoms with Gasteiger partial charge in [-0.2, -0.15) is 36.7 Å². The zero-order valence-corrected chi connectivity index (χ0v) is 13.5. The van der Waals surface area contributed by atoms with Crippen molar-refractivity contribution in [3.63, 3.8) is 0 Å². The van der Waals surface area contributed by atoms with Crippen molar-refractivity contribution in [3.8, 4) is 0 Å². The molecule has 2 rings (SSSR count). The molecule has 1 fully saturated rings. The summed E-state index contributed by atoms with van der Waals surface area (Å²) in [6.07, 6.45) is -4.31. The van der Waals surface area contributed by atoms with Crippen molar-refractivity contribution in [1.29, 1.82) is 0 Å². The highest BCUT2D eigenvalue weighted by Crippen LogP contribution is 2.40. The third-order valence-corrected chi connectivity index (χ3v) is 6.87. The minimum absolute atomic E-state index is 0.139. The van der Waals surface area contributed by atoms with Crippen LogP contribution < -0.4 is 11.3 Å². The van der Waals surface area contributed by atoms with Crippen molar-refractivity contribution in [1.82, 2.24) is 5.43 Å². The lowest BCUT2D eigenvalue weighted by molar-refractivity contribution is -0.137. The summed E-state index contributed by atoms with van der Waals surface area (Å²) in [6.45, 7) is 3.85. The Morgan fingerprint density at radius 1 is 1.29 bits per heavy atom. The van der Waals surface area contributed by atoms with Crippen LogP contribution in [0.5, 0.6) is 0 Å². The van der Waals surface area contributed by atoms with E-state index in [4.69, 9.17) is 5.84 Å². The van der Waals surface area contributed by atoms with Gasteiger partial charge in [0.15, 0.2) is 0 Å². The van der Waals surface area contributed by atoms with Crippen LogP contribution >= 0.6 is 23.5 Å². The average molecular weight is 336 g/mol. The number of aryl methyl sites for hydroxylation is 1. The molecular weight excluding hydrogens is 317 g/mol. The van der Waals surface area contributed by atoms with E-state index in [2.05, 4.69) is 12.3 Å². The van der Waals surface area contributed by atoms with Gasteiger partial charge in [0.1, 0.15) is 0 Å². The first-order valence-electron chi connectivity index (χ1n) is 6.71. The Balaban J connectivity index is 2.30. The molecule has 0 aromatic heterocycles. The smallest absolute Gasteiger partial charge is 0.271 e.